The van der Waals surface area contributed by atoms with Gasteiger partial charge in [-0.3, -0.25) is 9.78 Å². The van der Waals surface area contributed by atoms with Crippen LogP contribution >= 0.6 is 0 Å². The van der Waals surface area contributed by atoms with Gasteiger partial charge in [0.1, 0.15) is 5.76 Å². The van der Waals surface area contributed by atoms with Crippen LogP contribution in [0.3, 0.4) is 0 Å². The van der Waals surface area contributed by atoms with Gasteiger partial charge in [-0.25, -0.2) is 0 Å². The van der Waals surface area contributed by atoms with Gasteiger partial charge in [-0.1, -0.05) is 18.1 Å². The van der Waals surface area contributed by atoms with E-state index >= 15 is 0 Å². The molecule has 3 aromatic heterocycles. The molecule has 0 saturated heterocycles. The van der Waals surface area contributed by atoms with Crippen molar-refractivity contribution in [3.8, 4) is 11.1 Å². The number of rotatable bonds is 4. The second-order valence-corrected chi connectivity index (χ2v) is 5.80. The molecule has 0 aliphatic heterocycles. The topological polar surface area (TPSA) is 71.8 Å². The molecule has 0 unspecified atom stereocenters. The molecule has 5 heteroatoms. The van der Waals surface area contributed by atoms with E-state index in [4.69, 9.17) is 4.52 Å². The van der Waals surface area contributed by atoms with Gasteiger partial charge in [-0.05, 0) is 38.5 Å². The van der Waals surface area contributed by atoms with Crippen molar-refractivity contribution in [3.63, 3.8) is 0 Å². The first kappa shape index (κ1) is 15.2. The maximum absolute atomic E-state index is 12.2. The summed E-state index contributed by atoms with van der Waals surface area (Å²) in [6.07, 6.45) is 4.11. The van der Waals surface area contributed by atoms with Gasteiger partial charge in [-0.15, -0.1) is 0 Å². The van der Waals surface area contributed by atoms with Gasteiger partial charge in [-0.2, -0.15) is 0 Å². The number of nitrogens with zero attached hydrogens (tertiary/aromatic N) is 2. The van der Waals surface area contributed by atoms with E-state index < -0.39 is 0 Å². The first-order chi connectivity index (χ1) is 11.1. The predicted octanol–water partition coefficient (Wildman–Crippen LogP) is 3.39. The molecule has 0 saturated carbocycles. The second kappa shape index (κ2) is 6.20. The summed E-state index contributed by atoms with van der Waals surface area (Å²) >= 11 is 0. The molecule has 0 amide bonds. The lowest BCUT2D eigenvalue weighted by Gasteiger charge is -2.11. The number of aryl methyl sites for hydroxylation is 2. The molecule has 1 N–H and O–H groups in total. The van der Waals surface area contributed by atoms with E-state index in [1.54, 1.807) is 12.4 Å². The fraction of sp³-hybridized carbons (Fsp3) is 0.278. The molecule has 1 atom stereocenters. The quantitative estimate of drug-likeness (QED) is 0.802. The number of nitrogens with one attached hydrogen (secondary N) is 1. The lowest BCUT2D eigenvalue weighted by atomic mass is 9.96. The summed E-state index contributed by atoms with van der Waals surface area (Å²) in [4.78, 5) is 19.4. The van der Waals surface area contributed by atoms with E-state index in [9.17, 15) is 4.79 Å². The monoisotopic (exact) mass is 309 g/mol. The summed E-state index contributed by atoms with van der Waals surface area (Å²) in [5, 5.41) is 3.98. The van der Waals surface area contributed by atoms with Gasteiger partial charge in [0.2, 0.25) is 0 Å². The van der Waals surface area contributed by atoms with Crippen LogP contribution < -0.4 is 5.56 Å². The van der Waals surface area contributed by atoms with Crippen LogP contribution in [0.15, 0.2) is 46.0 Å². The summed E-state index contributed by atoms with van der Waals surface area (Å²) in [7, 11) is 0. The molecule has 3 aromatic rings. The van der Waals surface area contributed by atoms with Crippen LogP contribution in [0.1, 0.15) is 35.6 Å². The minimum Gasteiger partial charge on any atom is -0.361 e. The summed E-state index contributed by atoms with van der Waals surface area (Å²) in [5.74, 6) is 0.912. The Kier molecular flexibility index (Phi) is 4.10. The van der Waals surface area contributed by atoms with Crippen LogP contribution in [-0.2, 0) is 6.42 Å². The average molecular weight is 309 g/mol. The van der Waals surface area contributed by atoms with Crippen molar-refractivity contribution in [1.29, 1.82) is 0 Å². The van der Waals surface area contributed by atoms with Crippen molar-refractivity contribution in [3.05, 3.63) is 69.7 Å². The van der Waals surface area contributed by atoms with Gasteiger partial charge < -0.3 is 9.51 Å². The number of H-pyrrole nitrogens is 1. The highest BCUT2D eigenvalue weighted by atomic mass is 16.5. The number of hydrogen-bond acceptors (Lipinski definition) is 4. The Labute approximate surface area is 134 Å². The van der Waals surface area contributed by atoms with E-state index in [-0.39, 0.29) is 11.5 Å². The zero-order chi connectivity index (χ0) is 16.4. The molecule has 0 spiro atoms. The standard InChI is InChI=1S/C18H19N3O2/c1-11(16-6-4-5-7-19-16)8-14-9-15(10-20-18(14)22)17-12(2)21-23-13(17)3/h4-7,9-11H,8H2,1-3H3,(H,20,22)/t11-/m1/s1. The second-order valence-electron chi connectivity index (χ2n) is 5.80. The Morgan fingerprint density at radius 2 is 2.13 bits per heavy atom. The highest BCUT2D eigenvalue weighted by Crippen LogP contribution is 2.27. The fourth-order valence-corrected chi connectivity index (χ4v) is 2.82. The maximum atomic E-state index is 12.2. The largest absolute Gasteiger partial charge is 0.361 e. The van der Waals surface area contributed by atoms with Crippen LogP contribution in [0.4, 0.5) is 0 Å². The summed E-state index contributed by atoms with van der Waals surface area (Å²) in [5.41, 5.74) is 4.33. The third kappa shape index (κ3) is 3.08. The molecule has 0 aromatic carbocycles. The minimum absolute atomic E-state index is 0.0664. The van der Waals surface area contributed by atoms with Gasteiger partial charge in [0.25, 0.3) is 5.56 Å². The van der Waals surface area contributed by atoms with Crippen molar-refractivity contribution >= 4 is 0 Å². The fourth-order valence-electron chi connectivity index (χ4n) is 2.82. The van der Waals surface area contributed by atoms with Crippen LogP contribution in [0, 0.1) is 13.8 Å². The van der Waals surface area contributed by atoms with Crippen LogP contribution in [-0.4, -0.2) is 15.1 Å². The van der Waals surface area contributed by atoms with Crippen molar-refractivity contribution in [2.45, 2.75) is 33.1 Å². The lowest BCUT2D eigenvalue weighted by molar-refractivity contribution is 0.393. The van der Waals surface area contributed by atoms with Crippen molar-refractivity contribution < 1.29 is 4.52 Å². The first-order valence-electron chi connectivity index (χ1n) is 7.62. The number of hydrogen-bond donors (Lipinski definition) is 1. The van der Waals surface area contributed by atoms with Crippen LogP contribution in [0.5, 0.6) is 0 Å². The van der Waals surface area contributed by atoms with E-state index in [1.807, 2.05) is 38.1 Å². The Morgan fingerprint density at radius 1 is 1.30 bits per heavy atom. The van der Waals surface area contributed by atoms with E-state index in [0.29, 0.717) is 6.42 Å². The number of aromatic amines is 1. The zero-order valence-electron chi connectivity index (χ0n) is 13.5. The van der Waals surface area contributed by atoms with E-state index in [2.05, 4.69) is 22.0 Å². The molecule has 3 heterocycles. The van der Waals surface area contributed by atoms with E-state index in [1.165, 1.54) is 0 Å². The third-order valence-corrected chi connectivity index (χ3v) is 4.02. The van der Waals surface area contributed by atoms with Gasteiger partial charge in [0, 0.05) is 40.7 Å². The van der Waals surface area contributed by atoms with Crippen LogP contribution in [0.25, 0.3) is 11.1 Å². The Balaban J connectivity index is 1.94. The van der Waals surface area contributed by atoms with Crippen molar-refractivity contribution in [1.82, 2.24) is 15.1 Å². The average Bonchev–Trinajstić information content (AvgIpc) is 2.89. The Morgan fingerprint density at radius 3 is 2.78 bits per heavy atom. The van der Waals surface area contributed by atoms with E-state index in [0.717, 1.165) is 33.8 Å². The highest BCUT2D eigenvalue weighted by molar-refractivity contribution is 5.67. The predicted molar refractivity (Wildman–Crippen MR) is 88.4 cm³/mol. The third-order valence-electron chi connectivity index (χ3n) is 4.02. The van der Waals surface area contributed by atoms with Gasteiger partial charge in [0.05, 0.1) is 5.69 Å². The molecule has 0 aliphatic rings. The molecule has 118 valence electrons. The van der Waals surface area contributed by atoms with Gasteiger partial charge in [0.15, 0.2) is 0 Å². The smallest absolute Gasteiger partial charge is 0.251 e. The minimum atomic E-state index is -0.0664. The lowest BCUT2D eigenvalue weighted by Crippen LogP contribution is -2.15. The molecular formula is C18H19N3O2. The van der Waals surface area contributed by atoms with Gasteiger partial charge >= 0.3 is 0 Å². The highest BCUT2D eigenvalue weighted by Gasteiger charge is 2.15. The molecule has 0 aliphatic carbocycles. The van der Waals surface area contributed by atoms with Crippen LogP contribution in [0.2, 0.25) is 0 Å². The Hall–Kier alpha value is -2.69. The Bertz CT molecular complexity index is 846. The molecule has 0 fully saturated rings. The summed E-state index contributed by atoms with van der Waals surface area (Å²) in [6.45, 7) is 5.84. The maximum Gasteiger partial charge on any atom is 0.251 e. The number of aromatic nitrogens is 3. The molecule has 0 radical (unpaired) electrons. The first-order valence-corrected chi connectivity index (χ1v) is 7.62. The SMILES string of the molecule is Cc1noc(C)c1-c1c[nH]c(=O)c(C[C@@H](C)c2ccccn2)c1. The zero-order valence-corrected chi connectivity index (χ0v) is 13.5. The molecular weight excluding hydrogens is 290 g/mol. The molecule has 23 heavy (non-hydrogen) atoms. The normalized spacial score (nSPS) is 12.3. The van der Waals surface area contributed by atoms with Crippen molar-refractivity contribution in [2.24, 2.45) is 0 Å². The number of pyridine rings is 2. The molecule has 5 nitrogen and oxygen atoms in total. The molecule has 3 rings (SSSR count). The summed E-state index contributed by atoms with van der Waals surface area (Å²) < 4.78 is 5.22. The molecule has 0 bridgehead atoms. The summed E-state index contributed by atoms with van der Waals surface area (Å²) in [6, 6.07) is 7.76. The van der Waals surface area contributed by atoms with Crippen molar-refractivity contribution in [2.75, 3.05) is 0 Å².